The van der Waals surface area contributed by atoms with Crippen LogP contribution in [0, 0.1) is 5.92 Å². The average molecular weight is 275 g/mol. The summed E-state index contributed by atoms with van der Waals surface area (Å²) < 4.78 is 10.5. The minimum atomic E-state index is -0.497. The Bertz CT molecular complexity index is 678. The van der Waals surface area contributed by atoms with Gasteiger partial charge in [-0.2, -0.15) is 0 Å². The van der Waals surface area contributed by atoms with Gasteiger partial charge in [-0.1, -0.05) is 0 Å². The van der Waals surface area contributed by atoms with E-state index >= 15 is 0 Å². The van der Waals surface area contributed by atoms with Crippen molar-refractivity contribution in [2.45, 2.75) is 32.3 Å². The molecule has 0 atom stereocenters. The zero-order chi connectivity index (χ0) is 14.1. The second-order valence-corrected chi connectivity index (χ2v) is 5.27. The number of hydrogen-bond acceptors (Lipinski definition) is 4. The third-order valence-corrected chi connectivity index (χ3v) is 3.81. The maximum atomic E-state index is 12.2. The van der Waals surface area contributed by atoms with E-state index in [1.165, 1.54) is 0 Å². The summed E-state index contributed by atoms with van der Waals surface area (Å²) in [4.78, 5) is 25.8. The zero-order valence-electron chi connectivity index (χ0n) is 11.3. The quantitative estimate of drug-likeness (QED) is 0.851. The van der Waals surface area contributed by atoms with Gasteiger partial charge in [-0.3, -0.25) is 9.78 Å². The molecule has 1 N–H and O–H groups in total. The molecule has 0 radical (unpaired) electrons. The zero-order valence-corrected chi connectivity index (χ0v) is 11.3. The fourth-order valence-electron chi connectivity index (χ4n) is 2.71. The number of oxazole rings is 1. The van der Waals surface area contributed by atoms with Crippen molar-refractivity contribution in [3.05, 3.63) is 34.3 Å². The number of nitrogens with one attached hydrogen (secondary N) is 1. The minimum absolute atomic E-state index is 0.0932. The van der Waals surface area contributed by atoms with Crippen molar-refractivity contribution in [2.75, 3.05) is 6.61 Å². The molecule has 106 valence electrons. The first-order valence-corrected chi connectivity index (χ1v) is 6.93. The molecule has 1 aromatic heterocycles. The molecule has 3 rings (SSSR count). The lowest BCUT2D eigenvalue weighted by molar-refractivity contribution is -0.0246. The number of H-pyrrole nitrogens is 1. The molecule has 0 aliphatic heterocycles. The molecular formula is C15H17NO4. The monoisotopic (exact) mass is 275 g/mol. The molecule has 0 bridgehead atoms. The van der Waals surface area contributed by atoms with Crippen molar-refractivity contribution in [1.82, 2.24) is 4.98 Å². The number of Topliss-reactive ketones (excluding diaryl/α,β-unsaturated/α-hetero) is 1. The summed E-state index contributed by atoms with van der Waals surface area (Å²) in [6.07, 6.45) is 2.77. The van der Waals surface area contributed by atoms with Gasteiger partial charge in [-0.05, 0) is 43.9 Å². The van der Waals surface area contributed by atoms with Crippen molar-refractivity contribution in [3.8, 4) is 0 Å². The highest BCUT2D eigenvalue weighted by Gasteiger charge is 2.31. The van der Waals surface area contributed by atoms with E-state index < -0.39 is 5.76 Å². The van der Waals surface area contributed by atoms with E-state index in [2.05, 4.69) is 4.98 Å². The molecule has 1 fully saturated rings. The van der Waals surface area contributed by atoms with Crippen LogP contribution in [0.3, 0.4) is 0 Å². The first kappa shape index (κ1) is 13.1. The Morgan fingerprint density at radius 1 is 1.45 bits per heavy atom. The number of aromatic amines is 1. The maximum Gasteiger partial charge on any atom is 0.417 e. The van der Waals surface area contributed by atoms with Crippen LogP contribution in [0.2, 0.25) is 0 Å². The number of ether oxygens (including phenoxy) is 1. The Kier molecular flexibility index (Phi) is 3.44. The average Bonchev–Trinajstić information content (AvgIpc) is 2.75. The highest BCUT2D eigenvalue weighted by molar-refractivity contribution is 5.98. The van der Waals surface area contributed by atoms with Crippen LogP contribution in [0.1, 0.15) is 36.5 Å². The largest absolute Gasteiger partial charge is 0.417 e. The first-order chi connectivity index (χ1) is 9.65. The maximum absolute atomic E-state index is 12.2. The highest BCUT2D eigenvalue weighted by atomic mass is 16.5. The van der Waals surface area contributed by atoms with Crippen LogP contribution in [-0.4, -0.2) is 23.5 Å². The highest BCUT2D eigenvalue weighted by Crippen LogP contribution is 2.33. The summed E-state index contributed by atoms with van der Waals surface area (Å²) in [7, 11) is 0. The summed E-state index contributed by atoms with van der Waals surface area (Å²) >= 11 is 0. The molecule has 5 nitrogen and oxygen atoms in total. The van der Waals surface area contributed by atoms with E-state index in [9.17, 15) is 9.59 Å². The van der Waals surface area contributed by atoms with E-state index in [1.54, 1.807) is 18.2 Å². The molecule has 0 saturated heterocycles. The predicted molar refractivity (Wildman–Crippen MR) is 73.9 cm³/mol. The summed E-state index contributed by atoms with van der Waals surface area (Å²) in [5.41, 5.74) is 1.65. The van der Waals surface area contributed by atoms with Crippen LogP contribution in [0.4, 0.5) is 0 Å². The number of rotatable bonds is 5. The second kappa shape index (κ2) is 5.25. The lowest BCUT2D eigenvalue weighted by Crippen LogP contribution is -2.32. The van der Waals surface area contributed by atoms with Crippen LogP contribution >= 0.6 is 0 Å². The van der Waals surface area contributed by atoms with E-state index in [0.29, 0.717) is 35.1 Å². The molecule has 1 aliphatic carbocycles. The molecule has 5 heteroatoms. The molecule has 1 aliphatic rings. The van der Waals surface area contributed by atoms with Gasteiger partial charge in [-0.15, -0.1) is 0 Å². The molecule has 1 saturated carbocycles. The lowest BCUT2D eigenvalue weighted by atomic mass is 9.78. The van der Waals surface area contributed by atoms with Gasteiger partial charge < -0.3 is 9.15 Å². The Labute approximate surface area is 115 Å². The fourth-order valence-corrected chi connectivity index (χ4v) is 2.71. The third-order valence-electron chi connectivity index (χ3n) is 3.81. The van der Waals surface area contributed by atoms with Crippen molar-refractivity contribution >= 4 is 16.9 Å². The molecule has 0 amide bonds. The molecule has 0 spiro atoms. The van der Waals surface area contributed by atoms with Crippen LogP contribution < -0.4 is 5.76 Å². The van der Waals surface area contributed by atoms with Crippen LogP contribution in [0.15, 0.2) is 27.4 Å². The van der Waals surface area contributed by atoms with Gasteiger partial charge in [0.2, 0.25) is 0 Å². The number of fused-ring (bicyclic) bond motifs is 1. The van der Waals surface area contributed by atoms with E-state index in [-0.39, 0.29) is 5.78 Å². The molecular weight excluding hydrogens is 258 g/mol. The lowest BCUT2D eigenvalue weighted by Gasteiger charge is -2.34. The van der Waals surface area contributed by atoms with E-state index in [0.717, 1.165) is 19.4 Å². The van der Waals surface area contributed by atoms with Crippen LogP contribution in [-0.2, 0) is 4.74 Å². The van der Waals surface area contributed by atoms with Gasteiger partial charge in [0.15, 0.2) is 11.4 Å². The predicted octanol–water partition coefficient (Wildman–Crippen LogP) is 2.51. The number of carbonyl (C=O) groups excluding carboxylic acids is 1. The standard InChI is InChI=1S/C15H17NO4/c1-2-19-11-5-9(6-11)7-13(17)10-3-4-12-14(8-10)20-15(18)16-12/h3-4,8-9,11H,2,5-7H2,1H3,(H,16,18). The second-order valence-electron chi connectivity index (χ2n) is 5.27. The Morgan fingerprint density at radius 2 is 2.25 bits per heavy atom. The normalized spacial score (nSPS) is 21.9. The van der Waals surface area contributed by atoms with Crippen molar-refractivity contribution < 1.29 is 13.9 Å². The molecule has 2 aromatic rings. The minimum Gasteiger partial charge on any atom is -0.408 e. The molecule has 1 aromatic carbocycles. The van der Waals surface area contributed by atoms with Gasteiger partial charge >= 0.3 is 5.76 Å². The van der Waals surface area contributed by atoms with Gasteiger partial charge in [0.1, 0.15) is 0 Å². The summed E-state index contributed by atoms with van der Waals surface area (Å²) in [6, 6.07) is 5.07. The molecule has 20 heavy (non-hydrogen) atoms. The Balaban J connectivity index is 1.65. The fraction of sp³-hybridized carbons (Fsp3) is 0.467. The van der Waals surface area contributed by atoms with E-state index in [1.807, 2.05) is 6.92 Å². The number of aromatic nitrogens is 1. The first-order valence-electron chi connectivity index (χ1n) is 6.93. The Morgan fingerprint density at radius 3 is 3.00 bits per heavy atom. The number of carbonyl (C=O) groups is 1. The number of hydrogen-bond donors (Lipinski definition) is 1. The molecule has 1 heterocycles. The van der Waals surface area contributed by atoms with Crippen molar-refractivity contribution in [1.29, 1.82) is 0 Å². The SMILES string of the molecule is CCOC1CC(CC(=O)c2ccc3[nH]c(=O)oc3c2)C1. The van der Waals surface area contributed by atoms with Gasteiger partial charge in [0, 0.05) is 18.6 Å². The van der Waals surface area contributed by atoms with Crippen molar-refractivity contribution in [2.24, 2.45) is 5.92 Å². The summed E-state index contributed by atoms with van der Waals surface area (Å²) in [6.45, 7) is 2.72. The van der Waals surface area contributed by atoms with E-state index in [4.69, 9.17) is 9.15 Å². The van der Waals surface area contributed by atoms with Gasteiger partial charge in [0.05, 0.1) is 11.6 Å². The topological polar surface area (TPSA) is 72.3 Å². The van der Waals surface area contributed by atoms with Crippen molar-refractivity contribution in [3.63, 3.8) is 0 Å². The van der Waals surface area contributed by atoms with Crippen LogP contribution in [0.25, 0.3) is 11.1 Å². The third kappa shape index (κ3) is 2.54. The number of benzene rings is 1. The number of ketones is 1. The smallest absolute Gasteiger partial charge is 0.408 e. The van der Waals surface area contributed by atoms with Gasteiger partial charge in [-0.25, -0.2) is 4.79 Å². The van der Waals surface area contributed by atoms with Gasteiger partial charge in [0.25, 0.3) is 0 Å². The van der Waals surface area contributed by atoms with Crippen LogP contribution in [0.5, 0.6) is 0 Å². The Hall–Kier alpha value is -1.88. The summed E-state index contributed by atoms with van der Waals surface area (Å²) in [5, 5.41) is 0. The summed E-state index contributed by atoms with van der Waals surface area (Å²) in [5.74, 6) is 0.00632. The molecule has 0 unspecified atom stereocenters.